The molecule has 2 N–H and O–H groups in total. The van der Waals surface area contributed by atoms with E-state index < -0.39 is 11.5 Å². The van der Waals surface area contributed by atoms with Crippen LogP contribution in [0.25, 0.3) is 0 Å². The lowest BCUT2D eigenvalue weighted by molar-refractivity contribution is -0.144. The van der Waals surface area contributed by atoms with Crippen LogP contribution in [0.1, 0.15) is 33.1 Å². The molecule has 0 heterocycles. The number of aliphatic carboxylic acids is 1. The summed E-state index contributed by atoms with van der Waals surface area (Å²) in [5.74, 6) is -0.753. The molecule has 1 rings (SSSR count). The summed E-state index contributed by atoms with van der Waals surface area (Å²) in [6.07, 6.45) is 2.82. The minimum atomic E-state index is -0.804. The number of nitrogens with one attached hydrogen (secondary N) is 1. The highest BCUT2D eigenvalue weighted by Gasteiger charge is 2.38. The zero-order valence-corrected chi connectivity index (χ0v) is 11.7. The quantitative estimate of drug-likeness (QED) is 0.610. The molecule has 106 valence electrons. The van der Waals surface area contributed by atoms with Crippen molar-refractivity contribution in [3.63, 3.8) is 0 Å². The van der Waals surface area contributed by atoms with Crippen molar-refractivity contribution >= 4 is 5.97 Å². The van der Waals surface area contributed by atoms with Gasteiger partial charge in [0, 0.05) is 26.2 Å². The second kappa shape index (κ2) is 7.07. The van der Waals surface area contributed by atoms with Crippen LogP contribution in [0.2, 0.25) is 0 Å². The van der Waals surface area contributed by atoms with Crippen LogP contribution >= 0.6 is 0 Å². The fourth-order valence-electron chi connectivity index (χ4n) is 1.95. The van der Waals surface area contributed by atoms with E-state index in [0.29, 0.717) is 19.1 Å². The maximum Gasteiger partial charge on any atom is 0.323 e. The van der Waals surface area contributed by atoms with Gasteiger partial charge in [-0.2, -0.15) is 0 Å². The van der Waals surface area contributed by atoms with Crippen LogP contribution in [-0.4, -0.2) is 60.9 Å². The topological polar surface area (TPSA) is 61.8 Å². The van der Waals surface area contributed by atoms with Gasteiger partial charge in [0.15, 0.2) is 0 Å². The van der Waals surface area contributed by atoms with E-state index in [2.05, 4.69) is 17.1 Å². The van der Waals surface area contributed by atoms with Crippen LogP contribution in [-0.2, 0) is 9.53 Å². The van der Waals surface area contributed by atoms with Crippen molar-refractivity contribution in [3.8, 4) is 0 Å². The standard InChI is InChI=1S/C13H26N2O3/c1-4-15(9-10-18-3)8-7-13(2,12(16)17)14-11-5-6-11/h11,14H,4-10H2,1-3H3,(H,16,17). The van der Waals surface area contributed by atoms with Crippen LogP contribution in [0.15, 0.2) is 0 Å². The number of methoxy groups -OCH3 is 1. The highest BCUT2D eigenvalue weighted by molar-refractivity contribution is 5.78. The van der Waals surface area contributed by atoms with E-state index in [9.17, 15) is 9.90 Å². The molecule has 1 fully saturated rings. The molecule has 0 saturated heterocycles. The van der Waals surface area contributed by atoms with Crippen LogP contribution in [0.4, 0.5) is 0 Å². The molecular formula is C13H26N2O3. The first-order chi connectivity index (χ1) is 8.51. The number of hydrogen-bond donors (Lipinski definition) is 2. The van der Waals surface area contributed by atoms with E-state index >= 15 is 0 Å². The van der Waals surface area contributed by atoms with E-state index in [1.54, 1.807) is 14.0 Å². The van der Waals surface area contributed by atoms with Gasteiger partial charge < -0.3 is 14.7 Å². The molecular weight excluding hydrogens is 232 g/mol. The summed E-state index contributed by atoms with van der Waals surface area (Å²) in [6, 6.07) is 0.403. The molecule has 5 heteroatoms. The van der Waals surface area contributed by atoms with E-state index in [1.807, 2.05) is 0 Å². The Bertz CT molecular complexity index is 269. The molecule has 1 atom stereocenters. The Morgan fingerprint density at radius 2 is 2.17 bits per heavy atom. The molecule has 0 aromatic rings. The average molecular weight is 258 g/mol. The number of ether oxygens (including phenoxy) is 1. The fourth-order valence-corrected chi connectivity index (χ4v) is 1.95. The van der Waals surface area contributed by atoms with Gasteiger partial charge in [-0.3, -0.25) is 10.1 Å². The third-order valence-corrected chi connectivity index (χ3v) is 3.56. The van der Waals surface area contributed by atoms with E-state index in [4.69, 9.17) is 4.74 Å². The van der Waals surface area contributed by atoms with Crippen molar-refractivity contribution in [2.75, 3.05) is 33.4 Å². The predicted molar refractivity (Wildman–Crippen MR) is 70.8 cm³/mol. The van der Waals surface area contributed by atoms with Crippen molar-refractivity contribution < 1.29 is 14.6 Å². The van der Waals surface area contributed by atoms with Gasteiger partial charge in [0.2, 0.25) is 0 Å². The summed E-state index contributed by atoms with van der Waals surface area (Å²) in [6.45, 7) is 7.12. The first kappa shape index (κ1) is 15.4. The van der Waals surface area contributed by atoms with Gasteiger partial charge in [-0.25, -0.2) is 0 Å². The van der Waals surface area contributed by atoms with Crippen molar-refractivity contribution in [3.05, 3.63) is 0 Å². The van der Waals surface area contributed by atoms with Gasteiger partial charge in [0.25, 0.3) is 0 Å². The highest BCUT2D eigenvalue weighted by atomic mass is 16.5. The summed E-state index contributed by atoms with van der Waals surface area (Å²) in [4.78, 5) is 13.6. The Hall–Kier alpha value is -0.650. The van der Waals surface area contributed by atoms with Crippen LogP contribution in [0.3, 0.4) is 0 Å². The predicted octanol–water partition coefficient (Wildman–Crippen LogP) is 0.940. The van der Waals surface area contributed by atoms with Crippen LogP contribution in [0.5, 0.6) is 0 Å². The Kier molecular flexibility index (Phi) is 6.05. The summed E-state index contributed by atoms with van der Waals surface area (Å²) >= 11 is 0. The number of carbonyl (C=O) groups is 1. The molecule has 0 aromatic heterocycles. The largest absolute Gasteiger partial charge is 0.480 e. The number of rotatable bonds is 10. The summed E-state index contributed by atoms with van der Waals surface area (Å²) in [7, 11) is 1.68. The third kappa shape index (κ3) is 4.92. The summed E-state index contributed by atoms with van der Waals surface area (Å²) in [5, 5.41) is 12.6. The molecule has 0 aromatic carbocycles. The molecule has 0 radical (unpaired) electrons. The third-order valence-electron chi connectivity index (χ3n) is 3.56. The molecule has 0 aliphatic heterocycles. The van der Waals surface area contributed by atoms with Crippen LogP contribution in [0, 0.1) is 0 Å². The second-order valence-corrected chi connectivity index (χ2v) is 5.23. The van der Waals surface area contributed by atoms with Gasteiger partial charge in [0.1, 0.15) is 5.54 Å². The van der Waals surface area contributed by atoms with E-state index in [-0.39, 0.29) is 0 Å². The van der Waals surface area contributed by atoms with Crippen molar-refractivity contribution in [2.45, 2.75) is 44.7 Å². The Balaban J connectivity index is 2.41. The van der Waals surface area contributed by atoms with Crippen molar-refractivity contribution in [2.24, 2.45) is 0 Å². The zero-order valence-electron chi connectivity index (χ0n) is 11.7. The second-order valence-electron chi connectivity index (χ2n) is 5.23. The molecule has 1 aliphatic rings. The van der Waals surface area contributed by atoms with Gasteiger partial charge in [0.05, 0.1) is 6.61 Å². The normalized spacial score (nSPS) is 18.9. The number of hydrogen-bond acceptors (Lipinski definition) is 4. The Morgan fingerprint density at radius 3 is 2.61 bits per heavy atom. The summed E-state index contributed by atoms with van der Waals surface area (Å²) < 4.78 is 5.05. The molecule has 0 amide bonds. The number of nitrogens with zero attached hydrogens (tertiary/aromatic N) is 1. The lowest BCUT2D eigenvalue weighted by Gasteiger charge is -2.29. The number of carboxylic acid groups (broad SMARTS) is 1. The van der Waals surface area contributed by atoms with Gasteiger partial charge >= 0.3 is 5.97 Å². The molecule has 18 heavy (non-hydrogen) atoms. The van der Waals surface area contributed by atoms with E-state index in [1.165, 1.54) is 0 Å². The Labute approximate surface area is 109 Å². The number of carboxylic acids is 1. The van der Waals surface area contributed by atoms with E-state index in [0.717, 1.165) is 32.5 Å². The average Bonchev–Trinajstić information content (AvgIpc) is 3.13. The minimum absolute atomic E-state index is 0.403. The minimum Gasteiger partial charge on any atom is -0.480 e. The molecule has 1 unspecified atom stereocenters. The highest BCUT2D eigenvalue weighted by Crippen LogP contribution is 2.24. The molecule has 5 nitrogen and oxygen atoms in total. The summed E-state index contributed by atoms with van der Waals surface area (Å²) in [5.41, 5.74) is -0.804. The molecule has 0 bridgehead atoms. The maximum atomic E-state index is 11.4. The van der Waals surface area contributed by atoms with Gasteiger partial charge in [-0.05, 0) is 32.7 Å². The van der Waals surface area contributed by atoms with Crippen molar-refractivity contribution in [1.29, 1.82) is 0 Å². The Morgan fingerprint density at radius 1 is 1.50 bits per heavy atom. The smallest absolute Gasteiger partial charge is 0.323 e. The molecule has 1 saturated carbocycles. The first-order valence-corrected chi connectivity index (χ1v) is 6.74. The molecule has 0 spiro atoms. The first-order valence-electron chi connectivity index (χ1n) is 6.74. The maximum absolute atomic E-state index is 11.4. The lowest BCUT2D eigenvalue weighted by atomic mass is 9.97. The van der Waals surface area contributed by atoms with Gasteiger partial charge in [-0.15, -0.1) is 0 Å². The van der Waals surface area contributed by atoms with Gasteiger partial charge in [-0.1, -0.05) is 6.92 Å². The fraction of sp³-hybridized carbons (Fsp3) is 0.923. The lowest BCUT2D eigenvalue weighted by Crippen LogP contribution is -2.52. The number of likely N-dealkylation sites (N-methyl/N-ethyl adjacent to an activating group) is 1. The molecule has 1 aliphatic carbocycles. The van der Waals surface area contributed by atoms with Crippen LogP contribution < -0.4 is 5.32 Å². The monoisotopic (exact) mass is 258 g/mol. The van der Waals surface area contributed by atoms with Crippen molar-refractivity contribution in [1.82, 2.24) is 10.2 Å². The SMILES string of the molecule is CCN(CCOC)CCC(C)(NC1CC1)C(=O)O. The zero-order chi connectivity index (χ0) is 13.6.